The van der Waals surface area contributed by atoms with Crippen molar-refractivity contribution in [1.29, 1.82) is 0 Å². The highest BCUT2D eigenvalue weighted by molar-refractivity contribution is 7.89. The molecule has 5 rings (SSSR count). The number of aliphatic hydroxyl groups excluding tert-OH is 1. The smallest absolute Gasteiger partial charge is 0.262 e. The molecule has 7 nitrogen and oxygen atoms in total. The van der Waals surface area contributed by atoms with Crippen molar-refractivity contribution in [2.45, 2.75) is 23.5 Å². The highest BCUT2D eigenvalue weighted by Crippen LogP contribution is 2.48. The predicted octanol–water partition coefficient (Wildman–Crippen LogP) is 2.50. The Morgan fingerprint density at radius 3 is 2.70 bits per heavy atom. The van der Waals surface area contributed by atoms with Crippen molar-refractivity contribution in [3.8, 4) is 11.8 Å². The number of sulfonamides is 1. The van der Waals surface area contributed by atoms with Crippen LogP contribution in [0.5, 0.6) is 0 Å². The molecule has 2 aromatic carbocycles. The maximum atomic E-state index is 13.5. The first kappa shape index (κ1) is 21.6. The molecule has 1 aromatic heterocycles. The SMILES string of the molecule is Cn1cnc(S(=O)(=O)N2CC[C@@H]3[C@H]2c2cc(C#Cc4cccc(F)c4)ccc2N[C@@H]3CO)c1. The fraction of sp³-hybridized carbons (Fsp3) is 0.292. The van der Waals surface area contributed by atoms with E-state index < -0.39 is 16.1 Å². The van der Waals surface area contributed by atoms with E-state index in [1.165, 1.54) is 29.0 Å². The van der Waals surface area contributed by atoms with Crippen LogP contribution in [0.3, 0.4) is 0 Å². The van der Waals surface area contributed by atoms with E-state index in [4.69, 9.17) is 0 Å². The second-order valence-corrected chi connectivity index (χ2v) is 10.2. The molecular formula is C24H23FN4O3S. The number of aryl methyl sites for hydroxylation is 1. The second kappa shape index (κ2) is 8.30. The Morgan fingerprint density at radius 1 is 1.21 bits per heavy atom. The normalized spacial score (nSPS) is 22.1. The lowest BCUT2D eigenvalue weighted by atomic mass is 9.83. The summed E-state index contributed by atoms with van der Waals surface area (Å²) in [5.74, 6) is 5.58. The standard InChI is InChI=1S/C24H23FN4O3S/c1-28-13-23(26-15-28)33(31,32)29-10-9-19-22(14-30)27-21-8-7-17(12-20(21)24(19)29)6-5-16-3-2-4-18(25)11-16/h2-4,7-8,11-13,15,19,22,24,27,30H,9-10,14H2,1H3/t19-,22+,24-/m0/s1. The highest BCUT2D eigenvalue weighted by atomic mass is 32.2. The molecule has 0 radical (unpaired) electrons. The van der Waals surface area contributed by atoms with E-state index in [1.807, 2.05) is 18.2 Å². The number of hydrogen-bond acceptors (Lipinski definition) is 5. The number of rotatable bonds is 3. The molecule has 2 aliphatic heterocycles. The van der Waals surface area contributed by atoms with Crippen LogP contribution in [-0.2, 0) is 17.1 Å². The summed E-state index contributed by atoms with van der Waals surface area (Å²) >= 11 is 0. The third-order valence-corrected chi connectivity index (χ3v) is 8.02. The van der Waals surface area contributed by atoms with Crippen LogP contribution >= 0.6 is 0 Å². The Labute approximate surface area is 191 Å². The molecule has 2 N–H and O–H groups in total. The van der Waals surface area contributed by atoms with Crippen LogP contribution < -0.4 is 5.32 Å². The minimum Gasteiger partial charge on any atom is -0.394 e. The molecule has 3 atom stereocenters. The maximum Gasteiger partial charge on any atom is 0.262 e. The van der Waals surface area contributed by atoms with Crippen molar-refractivity contribution >= 4 is 15.7 Å². The van der Waals surface area contributed by atoms with Crippen LogP contribution in [-0.4, -0.2) is 46.6 Å². The first-order valence-corrected chi connectivity index (χ1v) is 12.1. The molecule has 9 heteroatoms. The fourth-order valence-corrected chi connectivity index (χ4v) is 6.36. The van der Waals surface area contributed by atoms with Crippen molar-refractivity contribution in [3.05, 3.63) is 77.5 Å². The van der Waals surface area contributed by atoms with E-state index in [9.17, 15) is 17.9 Å². The zero-order chi connectivity index (χ0) is 23.2. The number of anilines is 1. The number of aliphatic hydroxyl groups is 1. The van der Waals surface area contributed by atoms with Crippen molar-refractivity contribution in [2.24, 2.45) is 13.0 Å². The summed E-state index contributed by atoms with van der Waals surface area (Å²) in [7, 11) is -2.10. The number of nitrogens with one attached hydrogen (secondary N) is 1. The summed E-state index contributed by atoms with van der Waals surface area (Å²) in [5.41, 5.74) is 2.84. The third kappa shape index (κ3) is 3.91. The van der Waals surface area contributed by atoms with Crippen molar-refractivity contribution in [3.63, 3.8) is 0 Å². The van der Waals surface area contributed by atoms with E-state index in [1.54, 1.807) is 23.7 Å². The van der Waals surface area contributed by atoms with Crippen molar-refractivity contribution in [1.82, 2.24) is 13.9 Å². The largest absolute Gasteiger partial charge is 0.394 e. The van der Waals surface area contributed by atoms with Gasteiger partial charge in [0.25, 0.3) is 10.0 Å². The average molecular weight is 467 g/mol. The summed E-state index contributed by atoms with van der Waals surface area (Å²) in [6.45, 7) is 0.240. The van der Waals surface area contributed by atoms with Crippen molar-refractivity contribution in [2.75, 3.05) is 18.5 Å². The minimum absolute atomic E-state index is 0.00771. The van der Waals surface area contributed by atoms with Crippen LogP contribution in [0.2, 0.25) is 0 Å². The molecule has 0 spiro atoms. The van der Waals surface area contributed by atoms with Gasteiger partial charge in [0.05, 0.1) is 25.0 Å². The molecular weight excluding hydrogens is 443 g/mol. The van der Waals surface area contributed by atoms with E-state index in [-0.39, 0.29) is 29.4 Å². The number of imidazole rings is 1. The van der Waals surface area contributed by atoms with Gasteiger partial charge in [-0.15, -0.1) is 0 Å². The first-order valence-electron chi connectivity index (χ1n) is 10.7. The van der Waals surface area contributed by atoms with Gasteiger partial charge in [0.15, 0.2) is 5.03 Å². The van der Waals surface area contributed by atoms with Gasteiger partial charge in [-0.1, -0.05) is 17.9 Å². The molecule has 3 aromatic rings. The molecule has 33 heavy (non-hydrogen) atoms. The molecule has 3 heterocycles. The van der Waals surface area contributed by atoms with Gasteiger partial charge in [-0.05, 0) is 48.4 Å². The fourth-order valence-electron chi connectivity index (χ4n) is 4.72. The van der Waals surface area contributed by atoms with Crippen LogP contribution in [0.25, 0.3) is 0 Å². The molecule has 1 saturated heterocycles. The van der Waals surface area contributed by atoms with Gasteiger partial charge in [-0.25, -0.2) is 17.8 Å². The summed E-state index contributed by atoms with van der Waals surface area (Å²) in [5, 5.41) is 13.3. The number of hydrogen-bond donors (Lipinski definition) is 2. The van der Waals surface area contributed by atoms with E-state index >= 15 is 0 Å². The molecule has 0 unspecified atom stereocenters. The molecule has 0 amide bonds. The van der Waals surface area contributed by atoms with Gasteiger partial charge in [-0.2, -0.15) is 4.31 Å². The van der Waals surface area contributed by atoms with E-state index in [0.717, 1.165) is 11.3 Å². The third-order valence-electron chi connectivity index (χ3n) is 6.25. The number of benzene rings is 2. The van der Waals surface area contributed by atoms with Gasteiger partial charge >= 0.3 is 0 Å². The number of aromatic nitrogens is 2. The lowest BCUT2D eigenvalue weighted by molar-refractivity contribution is 0.210. The van der Waals surface area contributed by atoms with Crippen LogP contribution in [0.15, 0.2) is 60.0 Å². The Kier molecular flexibility index (Phi) is 5.44. The van der Waals surface area contributed by atoms with Crippen LogP contribution in [0, 0.1) is 23.6 Å². The molecule has 0 saturated carbocycles. The lowest BCUT2D eigenvalue weighted by Gasteiger charge is -2.38. The number of halogens is 1. The van der Waals surface area contributed by atoms with Crippen LogP contribution in [0.4, 0.5) is 10.1 Å². The van der Waals surface area contributed by atoms with Gasteiger partial charge in [0.2, 0.25) is 0 Å². The van der Waals surface area contributed by atoms with Crippen molar-refractivity contribution < 1.29 is 17.9 Å². The van der Waals surface area contributed by atoms with Gasteiger partial charge in [-0.3, -0.25) is 0 Å². The molecule has 0 aliphatic carbocycles. The molecule has 170 valence electrons. The minimum atomic E-state index is -3.82. The maximum absolute atomic E-state index is 13.5. The Bertz CT molecular complexity index is 1380. The topological polar surface area (TPSA) is 87.5 Å². The van der Waals surface area contributed by atoms with E-state index in [0.29, 0.717) is 24.1 Å². The van der Waals surface area contributed by atoms with Gasteiger partial charge in [0.1, 0.15) is 5.82 Å². The number of fused-ring (bicyclic) bond motifs is 3. The molecule has 1 fully saturated rings. The summed E-state index contributed by atoms with van der Waals surface area (Å²) < 4.78 is 43.4. The lowest BCUT2D eigenvalue weighted by Crippen LogP contribution is -2.42. The second-order valence-electron chi connectivity index (χ2n) is 8.39. The quantitative estimate of drug-likeness (QED) is 0.580. The summed E-state index contributed by atoms with van der Waals surface area (Å²) in [4.78, 5) is 4.07. The summed E-state index contributed by atoms with van der Waals surface area (Å²) in [6, 6.07) is 10.9. The van der Waals surface area contributed by atoms with Gasteiger partial charge in [0, 0.05) is 42.5 Å². The zero-order valence-electron chi connectivity index (χ0n) is 17.9. The van der Waals surface area contributed by atoms with Gasteiger partial charge < -0.3 is 15.0 Å². The average Bonchev–Trinajstić information content (AvgIpc) is 3.45. The molecule has 0 bridgehead atoms. The Balaban J connectivity index is 1.56. The predicted molar refractivity (Wildman–Crippen MR) is 121 cm³/mol. The Hall–Kier alpha value is -3.19. The Morgan fingerprint density at radius 2 is 2.00 bits per heavy atom. The zero-order valence-corrected chi connectivity index (χ0v) is 18.8. The summed E-state index contributed by atoms with van der Waals surface area (Å²) in [6.07, 6.45) is 3.58. The monoisotopic (exact) mass is 466 g/mol. The highest BCUT2D eigenvalue weighted by Gasteiger charge is 2.49. The first-order chi connectivity index (χ1) is 15.9. The number of nitrogens with zero attached hydrogens (tertiary/aromatic N) is 3. The van der Waals surface area contributed by atoms with Crippen LogP contribution in [0.1, 0.15) is 29.2 Å². The molecule has 2 aliphatic rings. The van der Waals surface area contributed by atoms with E-state index in [2.05, 4.69) is 22.1 Å².